The van der Waals surface area contributed by atoms with Crippen molar-refractivity contribution in [2.24, 2.45) is 0 Å². The lowest BCUT2D eigenvalue weighted by Gasteiger charge is -2.15. The zero-order valence-corrected chi connectivity index (χ0v) is 31.0. The summed E-state index contributed by atoms with van der Waals surface area (Å²) in [5.74, 6) is 1.74. The first-order chi connectivity index (χ1) is 28.8. The van der Waals surface area contributed by atoms with Gasteiger partial charge in [0.05, 0.1) is 16.7 Å². The first-order valence-electron chi connectivity index (χ1n) is 19.4. The Bertz CT molecular complexity index is 3520. The maximum Gasteiger partial charge on any atom is 0.164 e. The van der Waals surface area contributed by atoms with E-state index in [2.05, 4.69) is 167 Å². The average Bonchev–Trinajstić information content (AvgIpc) is 3.84. The van der Waals surface area contributed by atoms with E-state index in [1.165, 1.54) is 27.1 Å². The Morgan fingerprint density at radius 2 is 0.983 bits per heavy atom. The number of nitrogens with zero attached hydrogens (tertiary/aromatic N) is 5. The van der Waals surface area contributed by atoms with Crippen LogP contribution in [0.25, 0.3) is 116 Å². The lowest BCUT2D eigenvalue weighted by atomic mass is 9.97. The molecule has 0 radical (unpaired) electrons. The van der Waals surface area contributed by atoms with Gasteiger partial charge < -0.3 is 8.98 Å². The zero-order chi connectivity index (χ0) is 38.2. The van der Waals surface area contributed by atoms with Gasteiger partial charge in [-0.2, -0.15) is 0 Å². The van der Waals surface area contributed by atoms with Gasteiger partial charge in [-0.1, -0.05) is 140 Å². The second kappa shape index (κ2) is 12.8. The number of para-hydroxylation sites is 2. The second-order valence-electron chi connectivity index (χ2n) is 14.6. The summed E-state index contributed by atoms with van der Waals surface area (Å²) in [7, 11) is 0. The average molecular weight is 742 g/mol. The Balaban J connectivity index is 1.08. The van der Waals surface area contributed by atoms with Crippen molar-refractivity contribution in [3.8, 4) is 51.0 Å². The lowest BCUT2D eigenvalue weighted by Crippen LogP contribution is -2.02. The highest BCUT2D eigenvalue weighted by molar-refractivity contribution is 6.13. The van der Waals surface area contributed by atoms with Crippen LogP contribution in [-0.4, -0.2) is 24.5 Å². The van der Waals surface area contributed by atoms with Crippen LogP contribution in [0, 0.1) is 0 Å². The summed E-state index contributed by atoms with van der Waals surface area (Å²) in [6.07, 6.45) is 3.60. The van der Waals surface area contributed by atoms with Gasteiger partial charge in [-0.05, 0) is 63.7 Å². The van der Waals surface area contributed by atoms with Crippen LogP contribution in [0.15, 0.2) is 193 Å². The van der Waals surface area contributed by atoms with Crippen LogP contribution in [0.5, 0.6) is 0 Å². The number of aromatic nitrogens is 5. The summed E-state index contributed by atoms with van der Waals surface area (Å²) in [4.78, 5) is 20.2. The van der Waals surface area contributed by atoms with Crippen molar-refractivity contribution in [2.75, 3.05) is 0 Å². The molecule has 0 aliphatic rings. The molecule has 12 rings (SSSR count). The van der Waals surface area contributed by atoms with E-state index in [9.17, 15) is 0 Å². The van der Waals surface area contributed by atoms with Crippen molar-refractivity contribution >= 4 is 65.3 Å². The maximum atomic E-state index is 6.28. The Hall–Kier alpha value is -7.96. The molecule has 270 valence electrons. The van der Waals surface area contributed by atoms with E-state index in [1.807, 2.05) is 24.4 Å². The molecular formula is C52H31N5O. The zero-order valence-electron chi connectivity index (χ0n) is 31.0. The van der Waals surface area contributed by atoms with E-state index in [4.69, 9.17) is 19.4 Å². The number of pyridine rings is 1. The number of benzene rings is 8. The molecule has 4 heterocycles. The second-order valence-corrected chi connectivity index (χ2v) is 14.6. The largest absolute Gasteiger partial charge is 0.456 e. The minimum Gasteiger partial charge on any atom is -0.456 e. The molecule has 0 N–H and O–H groups in total. The fourth-order valence-electron chi connectivity index (χ4n) is 8.73. The van der Waals surface area contributed by atoms with Gasteiger partial charge in [-0.15, -0.1) is 0 Å². The molecule has 0 bridgehead atoms. The van der Waals surface area contributed by atoms with Gasteiger partial charge in [0.2, 0.25) is 0 Å². The summed E-state index contributed by atoms with van der Waals surface area (Å²) in [5.41, 5.74) is 9.92. The Morgan fingerprint density at radius 1 is 0.379 bits per heavy atom. The monoisotopic (exact) mass is 741 g/mol. The number of hydrogen-bond donors (Lipinski definition) is 0. The standard InChI is InChI=1S/C52H31N5O/c1-2-13-35-32(11-1)12-9-18-36(35)33-23-25-34(26-24-33)50-54-51(56-52(55-50)42-19-10-22-48-49(42)43-31-53-30-29-47(43)58-48)41-27-28-46(38-15-4-3-14-37(38)41)57-44-20-7-5-16-39(44)40-17-6-8-21-45(40)57/h1-31H. The molecular weight excluding hydrogens is 711 g/mol. The van der Waals surface area contributed by atoms with Crippen LogP contribution < -0.4 is 0 Å². The third-order valence-electron chi connectivity index (χ3n) is 11.4. The predicted molar refractivity (Wildman–Crippen MR) is 236 cm³/mol. The number of fused-ring (bicyclic) bond motifs is 8. The summed E-state index contributed by atoms with van der Waals surface area (Å²) in [5, 5.41) is 8.86. The fourth-order valence-corrected chi connectivity index (χ4v) is 8.73. The Labute approximate surface area is 332 Å². The van der Waals surface area contributed by atoms with Crippen LogP contribution in [0.3, 0.4) is 0 Å². The van der Waals surface area contributed by atoms with E-state index in [0.717, 1.165) is 71.7 Å². The minimum atomic E-state index is 0.561. The molecule has 0 unspecified atom stereocenters. The van der Waals surface area contributed by atoms with Gasteiger partial charge in [0.15, 0.2) is 17.5 Å². The topological polar surface area (TPSA) is 69.6 Å². The first kappa shape index (κ1) is 32.3. The van der Waals surface area contributed by atoms with E-state index < -0.39 is 0 Å². The highest BCUT2D eigenvalue weighted by atomic mass is 16.3. The van der Waals surface area contributed by atoms with Crippen molar-refractivity contribution in [3.05, 3.63) is 188 Å². The van der Waals surface area contributed by atoms with Gasteiger partial charge in [0.1, 0.15) is 11.2 Å². The summed E-state index contributed by atoms with van der Waals surface area (Å²) >= 11 is 0. The number of rotatable bonds is 5. The summed E-state index contributed by atoms with van der Waals surface area (Å²) in [6, 6.07) is 61.5. The van der Waals surface area contributed by atoms with Gasteiger partial charge in [-0.25, -0.2) is 15.0 Å². The van der Waals surface area contributed by atoms with Crippen molar-refractivity contribution in [1.82, 2.24) is 24.5 Å². The van der Waals surface area contributed by atoms with Crippen LogP contribution >= 0.6 is 0 Å². The lowest BCUT2D eigenvalue weighted by molar-refractivity contribution is 0.668. The highest BCUT2D eigenvalue weighted by Crippen LogP contribution is 2.40. The van der Waals surface area contributed by atoms with Crippen LogP contribution in [0.2, 0.25) is 0 Å². The molecule has 0 aliphatic heterocycles. The molecule has 4 aromatic heterocycles. The molecule has 12 aromatic rings. The third-order valence-corrected chi connectivity index (χ3v) is 11.4. The van der Waals surface area contributed by atoms with Crippen molar-refractivity contribution in [1.29, 1.82) is 0 Å². The molecule has 0 atom stereocenters. The van der Waals surface area contributed by atoms with Gasteiger partial charge in [-0.3, -0.25) is 4.98 Å². The minimum absolute atomic E-state index is 0.561. The van der Waals surface area contributed by atoms with E-state index in [-0.39, 0.29) is 0 Å². The molecule has 0 saturated heterocycles. The SMILES string of the molecule is c1ccc2c(-c3ccc(-c4nc(-c5ccc(-n6c7ccccc7c7ccccc76)c6ccccc56)nc(-c5cccc6oc7ccncc7c56)n4)cc3)cccc2c1. The van der Waals surface area contributed by atoms with Gasteiger partial charge in [0, 0.05) is 56.0 Å². The number of hydrogen-bond acceptors (Lipinski definition) is 5. The van der Waals surface area contributed by atoms with Crippen molar-refractivity contribution in [2.45, 2.75) is 0 Å². The molecule has 0 fully saturated rings. The fraction of sp³-hybridized carbons (Fsp3) is 0. The highest BCUT2D eigenvalue weighted by Gasteiger charge is 2.21. The third kappa shape index (κ3) is 4.98. The van der Waals surface area contributed by atoms with Crippen LogP contribution in [-0.2, 0) is 0 Å². The van der Waals surface area contributed by atoms with Crippen molar-refractivity contribution < 1.29 is 4.42 Å². The molecule has 58 heavy (non-hydrogen) atoms. The first-order valence-corrected chi connectivity index (χ1v) is 19.4. The van der Waals surface area contributed by atoms with Gasteiger partial charge in [0.25, 0.3) is 0 Å². The molecule has 0 aliphatic carbocycles. The van der Waals surface area contributed by atoms with Crippen LogP contribution in [0.1, 0.15) is 0 Å². The molecule has 6 heteroatoms. The molecule has 0 spiro atoms. The smallest absolute Gasteiger partial charge is 0.164 e. The van der Waals surface area contributed by atoms with Gasteiger partial charge >= 0.3 is 0 Å². The molecule has 8 aromatic carbocycles. The maximum absolute atomic E-state index is 6.28. The summed E-state index contributed by atoms with van der Waals surface area (Å²) < 4.78 is 8.66. The van der Waals surface area contributed by atoms with E-state index >= 15 is 0 Å². The molecule has 0 saturated carbocycles. The number of furan rings is 1. The van der Waals surface area contributed by atoms with Crippen molar-refractivity contribution in [3.63, 3.8) is 0 Å². The summed E-state index contributed by atoms with van der Waals surface area (Å²) in [6.45, 7) is 0. The Kier molecular flexibility index (Phi) is 7.13. The van der Waals surface area contributed by atoms with E-state index in [1.54, 1.807) is 6.20 Å². The molecule has 6 nitrogen and oxygen atoms in total. The Morgan fingerprint density at radius 3 is 1.78 bits per heavy atom. The quantitative estimate of drug-likeness (QED) is 0.176. The van der Waals surface area contributed by atoms with Crippen LogP contribution in [0.4, 0.5) is 0 Å². The molecule has 0 amide bonds. The predicted octanol–water partition coefficient (Wildman–Crippen LogP) is 13.2. The normalized spacial score (nSPS) is 11.8. The van der Waals surface area contributed by atoms with E-state index in [0.29, 0.717) is 17.5 Å².